The number of carbonyl (C=O) groups excluding carboxylic acids is 1. The Hall–Kier alpha value is -2.56. The highest BCUT2D eigenvalue weighted by atomic mass is 16.4. The molecular formula is C16H15NO4. The van der Waals surface area contributed by atoms with Crippen molar-refractivity contribution in [2.24, 2.45) is 0 Å². The van der Waals surface area contributed by atoms with Gasteiger partial charge in [0.25, 0.3) is 5.91 Å². The number of carboxylic acids is 1. The maximum atomic E-state index is 12.6. The van der Waals surface area contributed by atoms with Crippen molar-refractivity contribution in [2.45, 2.75) is 25.9 Å². The van der Waals surface area contributed by atoms with Crippen molar-refractivity contribution in [1.29, 1.82) is 0 Å². The van der Waals surface area contributed by atoms with E-state index in [1.165, 1.54) is 11.2 Å². The Labute approximate surface area is 121 Å². The highest BCUT2D eigenvalue weighted by molar-refractivity contribution is 5.97. The summed E-state index contributed by atoms with van der Waals surface area (Å²) in [6.45, 7) is 2.00. The third-order valence-corrected chi connectivity index (χ3v) is 3.88. The molecule has 5 heteroatoms. The number of nitrogens with zero attached hydrogens (tertiary/aromatic N) is 1. The van der Waals surface area contributed by atoms with Gasteiger partial charge in [-0.3, -0.25) is 4.79 Å². The van der Waals surface area contributed by atoms with E-state index < -0.39 is 12.0 Å². The predicted molar refractivity (Wildman–Crippen MR) is 74.9 cm³/mol. The van der Waals surface area contributed by atoms with Gasteiger partial charge in [-0.15, -0.1) is 0 Å². The fourth-order valence-electron chi connectivity index (χ4n) is 2.72. The summed E-state index contributed by atoms with van der Waals surface area (Å²) in [5.41, 5.74) is 2.39. The fraction of sp³-hybridized carbons (Fsp3) is 0.250. The van der Waals surface area contributed by atoms with Crippen molar-refractivity contribution in [3.63, 3.8) is 0 Å². The van der Waals surface area contributed by atoms with E-state index in [0.717, 1.165) is 11.1 Å². The number of carbonyl (C=O) groups is 2. The second-order valence-corrected chi connectivity index (χ2v) is 5.15. The number of fused-ring (bicyclic) bond motifs is 1. The van der Waals surface area contributed by atoms with Gasteiger partial charge in [-0.05, 0) is 24.1 Å². The molecule has 1 aliphatic rings. The molecule has 5 nitrogen and oxygen atoms in total. The molecule has 1 unspecified atom stereocenters. The van der Waals surface area contributed by atoms with Gasteiger partial charge in [0.1, 0.15) is 11.8 Å². The first-order valence-electron chi connectivity index (χ1n) is 6.72. The lowest BCUT2D eigenvalue weighted by Crippen LogP contribution is -2.48. The Morgan fingerprint density at radius 2 is 1.95 bits per heavy atom. The lowest BCUT2D eigenvalue weighted by Gasteiger charge is -2.34. The van der Waals surface area contributed by atoms with Crippen molar-refractivity contribution in [3.05, 3.63) is 59.0 Å². The van der Waals surface area contributed by atoms with E-state index in [0.29, 0.717) is 24.3 Å². The molecule has 1 amide bonds. The van der Waals surface area contributed by atoms with Crippen molar-refractivity contribution in [1.82, 2.24) is 4.90 Å². The number of benzene rings is 1. The summed E-state index contributed by atoms with van der Waals surface area (Å²) in [5.74, 6) is -0.787. The molecule has 2 heterocycles. The SMILES string of the molecule is Cc1occc1C(=O)N1Cc2ccccc2CC1C(=O)O. The molecule has 0 saturated carbocycles. The van der Waals surface area contributed by atoms with Crippen LogP contribution in [0.1, 0.15) is 27.2 Å². The molecule has 0 aliphatic carbocycles. The molecule has 1 aromatic heterocycles. The number of aryl methyl sites for hydroxylation is 1. The number of rotatable bonds is 2. The smallest absolute Gasteiger partial charge is 0.326 e. The summed E-state index contributed by atoms with van der Waals surface area (Å²) in [7, 11) is 0. The van der Waals surface area contributed by atoms with Crippen molar-refractivity contribution in [3.8, 4) is 0 Å². The Morgan fingerprint density at radius 3 is 2.57 bits per heavy atom. The van der Waals surface area contributed by atoms with Gasteiger partial charge in [-0.25, -0.2) is 4.79 Å². The molecule has 3 rings (SSSR count). The molecule has 0 fully saturated rings. The van der Waals surface area contributed by atoms with Crippen LogP contribution in [0.4, 0.5) is 0 Å². The van der Waals surface area contributed by atoms with Crippen LogP contribution in [0.2, 0.25) is 0 Å². The first-order chi connectivity index (χ1) is 10.1. The third kappa shape index (κ3) is 2.31. The van der Waals surface area contributed by atoms with E-state index >= 15 is 0 Å². The van der Waals surface area contributed by atoms with Gasteiger partial charge >= 0.3 is 5.97 Å². The van der Waals surface area contributed by atoms with Crippen LogP contribution in [0.5, 0.6) is 0 Å². The molecular weight excluding hydrogens is 270 g/mol. The molecule has 2 aromatic rings. The second kappa shape index (κ2) is 5.09. The number of furan rings is 1. The topological polar surface area (TPSA) is 70.8 Å². The van der Waals surface area contributed by atoms with Crippen LogP contribution in [0.25, 0.3) is 0 Å². The molecule has 1 atom stereocenters. The first-order valence-corrected chi connectivity index (χ1v) is 6.72. The zero-order chi connectivity index (χ0) is 15.0. The van der Waals surface area contributed by atoms with E-state index in [9.17, 15) is 14.7 Å². The van der Waals surface area contributed by atoms with Gasteiger partial charge in [0, 0.05) is 13.0 Å². The molecule has 1 aliphatic heterocycles. The summed E-state index contributed by atoms with van der Waals surface area (Å²) in [6.07, 6.45) is 1.77. The van der Waals surface area contributed by atoms with Gasteiger partial charge in [-0.1, -0.05) is 24.3 Å². The lowest BCUT2D eigenvalue weighted by atomic mass is 9.93. The first kappa shape index (κ1) is 13.4. The Kier molecular flexibility index (Phi) is 3.25. The summed E-state index contributed by atoms with van der Waals surface area (Å²) >= 11 is 0. The van der Waals surface area contributed by atoms with Gasteiger partial charge in [0.15, 0.2) is 0 Å². The standard InChI is InChI=1S/C16H15NO4/c1-10-13(6-7-21-10)15(18)17-9-12-5-3-2-4-11(12)8-14(17)16(19)20/h2-7,14H,8-9H2,1H3,(H,19,20). The van der Waals surface area contributed by atoms with Crippen molar-refractivity contribution in [2.75, 3.05) is 0 Å². The predicted octanol–water partition coefficient (Wildman–Crippen LogP) is 2.24. The Morgan fingerprint density at radius 1 is 1.24 bits per heavy atom. The number of hydrogen-bond acceptors (Lipinski definition) is 3. The minimum atomic E-state index is -0.987. The van der Waals surface area contributed by atoms with Crippen LogP contribution in [0, 0.1) is 6.92 Å². The minimum Gasteiger partial charge on any atom is -0.480 e. The number of aliphatic carboxylic acids is 1. The van der Waals surface area contributed by atoms with E-state index in [4.69, 9.17) is 4.42 Å². The molecule has 108 valence electrons. The Bertz CT molecular complexity index is 704. The maximum absolute atomic E-state index is 12.6. The number of carboxylic acid groups (broad SMARTS) is 1. The van der Waals surface area contributed by atoms with Crippen LogP contribution in [-0.2, 0) is 17.8 Å². The van der Waals surface area contributed by atoms with Crippen LogP contribution < -0.4 is 0 Å². The number of amides is 1. The average Bonchev–Trinajstić information content (AvgIpc) is 2.91. The summed E-state index contributed by atoms with van der Waals surface area (Å²) in [4.78, 5) is 25.5. The Balaban J connectivity index is 1.98. The lowest BCUT2D eigenvalue weighted by molar-refractivity contribution is -0.142. The zero-order valence-electron chi connectivity index (χ0n) is 11.6. The van der Waals surface area contributed by atoms with Gasteiger partial charge in [-0.2, -0.15) is 0 Å². The maximum Gasteiger partial charge on any atom is 0.326 e. The van der Waals surface area contributed by atoms with Gasteiger partial charge in [0.05, 0.1) is 11.8 Å². The van der Waals surface area contributed by atoms with Crippen LogP contribution >= 0.6 is 0 Å². The average molecular weight is 285 g/mol. The summed E-state index contributed by atoms with van der Waals surface area (Å²) in [5, 5.41) is 9.43. The van der Waals surface area contributed by atoms with Gasteiger partial charge < -0.3 is 14.4 Å². The zero-order valence-corrected chi connectivity index (χ0v) is 11.6. The second-order valence-electron chi connectivity index (χ2n) is 5.15. The highest BCUT2D eigenvalue weighted by Gasteiger charge is 2.35. The minimum absolute atomic E-state index is 0.302. The van der Waals surface area contributed by atoms with Crippen LogP contribution in [-0.4, -0.2) is 27.9 Å². The molecule has 1 N–H and O–H groups in total. The fourth-order valence-corrected chi connectivity index (χ4v) is 2.72. The quantitative estimate of drug-likeness (QED) is 0.918. The molecule has 0 spiro atoms. The largest absolute Gasteiger partial charge is 0.480 e. The van der Waals surface area contributed by atoms with E-state index in [1.807, 2.05) is 24.3 Å². The number of hydrogen-bond donors (Lipinski definition) is 1. The van der Waals surface area contributed by atoms with E-state index in [-0.39, 0.29) is 5.91 Å². The molecule has 0 saturated heterocycles. The third-order valence-electron chi connectivity index (χ3n) is 3.88. The molecule has 1 aromatic carbocycles. The van der Waals surface area contributed by atoms with Crippen LogP contribution in [0.15, 0.2) is 41.0 Å². The van der Waals surface area contributed by atoms with Crippen molar-refractivity contribution >= 4 is 11.9 Å². The van der Waals surface area contributed by atoms with E-state index in [2.05, 4.69) is 0 Å². The molecule has 21 heavy (non-hydrogen) atoms. The molecule has 0 radical (unpaired) electrons. The molecule has 0 bridgehead atoms. The highest BCUT2D eigenvalue weighted by Crippen LogP contribution is 2.26. The van der Waals surface area contributed by atoms with Crippen molar-refractivity contribution < 1.29 is 19.1 Å². The normalized spacial score (nSPS) is 17.4. The van der Waals surface area contributed by atoms with Crippen LogP contribution in [0.3, 0.4) is 0 Å². The monoisotopic (exact) mass is 285 g/mol. The van der Waals surface area contributed by atoms with E-state index in [1.54, 1.807) is 13.0 Å². The van der Waals surface area contributed by atoms with Gasteiger partial charge in [0.2, 0.25) is 0 Å². The summed E-state index contributed by atoms with van der Waals surface area (Å²) < 4.78 is 5.15. The summed E-state index contributed by atoms with van der Waals surface area (Å²) in [6, 6.07) is 8.35.